The van der Waals surface area contributed by atoms with Gasteiger partial charge in [0.25, 0.3) is 0 Å². The summed E-state index contributed by atoms with van der Waals surface area (Å²) >= 11 is 0. The molecular weight excluding hydrogens is 238 g/mol. The number of rotatable bonds is 4. The van der Waals surface area contributed by atoms with Crippen LogP contribution in [0.3, 0.4) is 0 Å². The number of ether oxygens (including phenoxy) is 2. The summed E-state index contributed by atoms with van der Waals surface area (Å²) in [5.74, 6) is 1.73. The topological polar surface area (TPSA) is 21.7 Å². The monoisotopic (exact) mass is 269 g/mol. The zero-order valence-electron chi connectivity index (χ0n) is 14.1. The Hall–Kier alpha value is -1.38. The molecule has 0 N–H and O–H groups in total. The zero-order chi connectivity index (χ0) is 15.4. The molecule has 1 aromatic rings. The van der Waals surface area contributed by atoms with Gasteiger partial charge in [0, 0.05) is 37.0 Å². The first-order valence-corrected chi connectivity index (χ1v) is 7.07. The molecule has 0 atom stereocenters. The number of hydrogen-bond donors (Lipinski definition) is 0. The van der Waals surface area contributed by atoms with Crippen LogP contribution in [0.15, 0.2) is 12.1 Å². The average molecular weight is 269 g/mol. The summed E-state index contributed by atoms with van der Waals surface area (Å²) in [6.07, 6.45) is 0. The zero-order valence-corrected chi connectivity index (χ0v) is 14.1. The molecule has 0 heterocycles. The maximum atomic E-state index is 5.32. The van der Waals surface area contributed by atoms with E-state index in [0.717, 1.165) is 29.3 Å². The van der Waals surface area contributed by atoms with E-state index < -0.39 is 0 Å². The van der Waals surface area contributed by atoms with Crippen LogP contribution in [0.4, 0.5) is 5.69 Å². The van der Waals surface area contributed by atoms with Crippen LogP contribution in [0.5, 0.6) is 11.5 Å². The fourth-order valence-corrected chi connectivity index (χ4v) is 1.48. The van der Waals surface area contributed by atoms with Crippen LogP contribution < -0.4 is 14.4 Å². The third-order valence-corrected chi connectivity index (χ3v) is 2.65. The van der Waals surface area contributed by atoms with Gasteiger partial charge in [0.2, 0.25) is 0 Å². The van der Waals surface area contributed by atoms with Crippen LogP contribution in [0.1, 0.15) is 40.2 Å². The average Bonchev–Trinajstić information content (AvgIpc) is 2.50. The summed E-state index contributed by atoms with van der Waals surface area (Å²) in [5.41, 5.74) is 2.14. The molecule has 0 fully saturated rings. The third-order valence-electron chi connectivity index (χ3n) is 2.65. The minimum atomic E-state index is 0.865. The Morgan fingerprint density at radius 1 is 0.947 bits per heavy atom. The molecular formula is C16H31NO2. The summed E-state index contributed by atoms with van der Waals surface area (Å²) in [7, 11) is 5.40. The van der Waals surface area contributed by atoms with Crippen molar-refractivity contribution in [2.24, 2.45) is 0 Å². The van der Waals surface area contributed by atoms with Crippen LogP contribution in [-0.2, 0) is 0 Å². The molecule has 0 radical (unpaired) electrons. The van der Waals surface area contributed by atoms with Gasteiger partial charge in [-0.05, 0) is 13.8 Å². The lowest BCUT2D eigenvalue weighted by Crippen LogP contribution is -2.16. The highest BCUT2D eigenvalue weighted by molar-refractivity contribution is 5.59. The highest BCUT2D eigenvalue weighted by Gasteiger charge is 2.09. The molecule has 0 saturated carbocycles. The smallest absolute Gasteiger partial charge is 0.127 e. The fraction of sp³-hybridized carbons (Fsp3) is 0.625. The van der Waals surface area contributed by atoms with E-state index in [-0.39, 0.29) is 0 Å². The van der Waals surface area contributed by atoms with Crippen molar-refractivity contribution in [3.8, 4) is 11.5 Å². The molecule has 0 aromatic heterocycles. The third kappa shape index (κ3) is 5.86. The second-order valence-electron chi connectivity index (χ2n) is 3.49. The Morgan fingerprint density at radius 3 is 1.58 bits per heavy atom. The summed E-state index contributed by atoms with van der Waals surface area (Å²) in [4.78, 5) is 2.14. The highest BCUT2D eigenvalue weighted by atomic mass is 16.5. The molecule has 0 bridgehead atoms. The van der Waals surface area contributed by atoms with E-state index in [9.17, 15) is 0 Å². The Bertz CT molecular complexity index is 313. The molecule has 0 aliphatic rings. The number of nitrogens with zero attached hydrogens (tertiary/aromatic N) is 1. The first kappa shape index (κ1) is 19.9. The Labute approximate surface area is 119 Å². The van der Waals surface area contributed by atoms with Gasteiger partial charge in [0.15, 0.2) is 0 Å². The molecule has 0 saturated heterocycles. The molecule has 0 spiro atoms. The number of methoxy groups -OCH3 is 2. The van der Waals surface area contributed by atoms with E-state index in [1.807, 2.05) is 53.8 Å². The Morgan fingerprint density at radius 2 is 1.32 bits per heavy atom. The molecule has 0 aliphatic heterocycles. The molecule has 1 rings (SSSR count). The van der Waals surface area contributed by atoms with Crippen molar-refractivity contribution in [1.29, 1.82) is 0 Å². The maximum Gasteiger partial charge on any atom is 0.127 e. The number of hydrogen-bond acceptors (Lipinski definition) is 3. The molecule has 112 valence electrons. The van der Waals surface area contributed by atoms with E-state index in [1.165, 1.54) is 0 Å². The van der Waals surface area contributed by atoms with Gasteiger partial charge in [-0.1, -0.05) is 27.7 Å². The molecule has 3 nitrogen and oxygen atoms in total. The molecule has 1 aromatic carbocycles. The summed E-state index contributed by atoms with van der Waals surface area (Å²) in [5, 5.41) is 0. The molecule has 19 heavy (non-hydrogen) atoms. The van der Waals surface area contributed by atoms with Gasteiger partial charge in [-0.2, -0.15) is 0 Å². The predicted molar refractivity (Wildman–Crippen MR) is 85.9 cm³/mol. The van der Waals surface area contributed by atoms with Gasteiger partial charge in [0.05, 0.1) is 14.2 Å². The maximum absolute atomic E-state index is 5.32. The van der Waals surface area contributed by atoms with Crippen molar-refractivity contribution in [2.45, 2.75) is 41.5 Å². The van der Waals surface area contributed by atoms with E-state index in [0.29, 0.717) is 0 Å². The van der Waals surface area contributed by atoms with Gasteiger partial charge >= 0.3 is 0 Å². The molecule has 3 heteroatoms. The van der Waals surface area contributed by atoms with E-state index in [4.69, 9.17) is 9.47 Å². The largest absolute Gasteiger partial charge is 0.496 e. The van der Waals surface area contributed by atoms with Crippen molar-refractivity contribution in [2.75, 3.05) is 32.7 Å². The second kappa shape index (κ2) is 11.7. The molecule has 0 amide bonds. The minimum Gasteiger partial charge on any atom is -0.496 e. The highest BCUT2D eigenvalue weighted by Crippen LogP contribution is 2.33. The van der Waals surface area contributed by atoms with Gasteiger partial charge in [-0.15, -0.1) is 0 Å². The van der Waals surface area contributed by atoms with E-state index in [1.54, 1.807) is 14.2 Å². The first-order valence-electron chi connectivity index (χ1n) is 7.07. The summed E-state index contributed by atoms with van der Waals surface area (Å²) in [6, 6.07) is 4.06. The Kier molecular flexibility index (Phi) is 12.3. The molecule has 0 unspecified atom stereocenters. The lowest BCUT2D eigenvalue weighted by Gasteiger charge is -2.20. The first-order chi connectivity index (χ1) is 9.13. The standard InChI is InChI=1S/C12H19NO2.2C2H6/c1-6-13(3)10-7-11(14-4)9(2)12(8-10)15-5;2*1-2/h7-8H,6H2,1-5H3;2*1-2H3. The number of benzene rings is 1. The van der Waals surface area contributed by atoms with Crippen molar-refractivity contribution in [3.63, 3.8) is 0 Å². The minimum absolute atomic E-state index is 0.865. The second-order valence-corrected chi connectivity index (χ2v) is 3.49. The van der Waals surface area contributed by atoms with Crippen molar-refractivity contribution >= 4 is 5.69 Å². The predicted octanol–water partition coefficient (Wildman–Crippen LogP) is 4.52. The van der Waals surface area contributed by atoms with Crippen LogP contribution in [0.25, 0.3) is 0 Å². The van der Waals surface area contributed by atoms with E-state index >= 15 is 0 Å². The summed E-state index contributed by atoms with van der Waals surface area (Å²) < 4.78 is 10.6. The normalized spacial score (nSPS) is 8.47. The van der Waals surface area contributed by atoms with Crippen LogP contribution in [-0.4, -0.2) is 27.8 Å². The van der Waals surface area contributed by atoms with Crippen LogP contribution in [0.2, 0.25) is 0 Å². The SMILES string of the molecule is CC.CC.CCN(C)c1cc(OC)c(C)c(OC)c1. The van der Waals surface area contributed by atoms with Gasteiger partial charge in [0.1, 0.15) is 11.5 Å². The Balaban J connectivity index is 0. The van der Waals surface area contributed by atoms with Crippen LogP contribution >= 0.6 is 0 Å². The fourth-order valence-electron chi connectivity index (χ4n) is 1.48. The molecule has 0 aliphatic carbocycles. The van der Waals surface area contributed by atoms with Crippen LogP contribution in [0, 0.1) is 6.92 Å². The van der Waals surface area contributed by atoms with Crippen molar-refractivity contribution in [1.82, 2.24) is 0 Å². The quantitative estimate of drug-likeness (QED) is 0.802. The lowest BCUT2D eigenvalue weighted by atomic mass is 10.1. The van der Waals surface area contributed by atoms with Gasteiger partial charge in [-0.3, -0.25) is 0 Å². The van der Waals surface area contributed by atoms with Crippen molar-refractivity contribution < 1.29 is 9.47 Å². The number of anilines is 1. The van der Waals surface area contributed by atoms with Gasteiger partial charge in [-0.25, -0.2) is 0 Å². The van der Waals surface area contributed by atoms with Crippen molar-refractivity contribution in [3.05, 3.63) is 17.7 Å². The summed E-state index contributed by atoms with van der Waals surface area (Å²) in [6.45, 7) is 13.1. The lowest BCUT2D eigenvalue weighted by molar-refractivity contribution is 0.389. The van der Waals surface area contributed by atoms with E-state index in [2.05, 4.69) is 11.8 Å². The van der Waals surface area contributed by atoms with Gasteiger partial charge < -0.3 is 14.4 Å².